The van der Waals surface area contributed by atoms with E-state index in [2.05, 4.69) is 12.2 Å². The Bertz CT molecular complexity index is 869. The van der Waals surface area contributed by atoms with E-state index in [0.29, 0.717) is 19.8 Å². The highest BCUT2D eigenvalue weighted by Gasteiger charge is 2.23. The standard InChI is InChI=1S/C33H57N3O7/c1-4-6-7-8-9-10-11-12-13-14-15-16-18-21-34-32(38)42-27-25-40-23-24-41-26-28-43-33(39)36(30(3)37)29-31-20-17-19-22-35(31)5-2/h17,19-20,22H,4-16,18,21,23-29H2,1-3H3/p+1. The van der Waals surface area contributed by atoms with Crippen molar-refractivity contribution in [1.29, 1.82) is 0 Å². The van der Waals surface area contributed by atoms with Gasteiger partial charge in [0.15, 0.2) is 6.20 Å². The van der Waals surface area contributed by atoms with Gasteiger partial charge in [-0.3, -0.25) is 4.79 Å². The highest BCUT2D eigenvalue weighted by atomic mass is 16.6. The number of nitrogens with one attached hydrogen (secondary N) is 1. The van der Waals surface area contributed by atoms with Crippen molar-refractivity contribution in [3.8, 4) is 0 Å². The first-order valence-corrected chi connectivity index (χ1v) is 16.5. The van der Waals surface area contributed by atoms with Gasteiger partial charge in [0.2, 0.25) is 11.6 Å². The van der Waals surface area contributed by atoms with Crippen LogP contribution in [0.3, 0.4) is 0 Å². The second-order valence-corrected chi connectivity index (χ2v) is 10.7. The fourth-order valence-corrected chi connectivity index (χ4v) is 4.60. The van der Waals surface area contributed by atoms with Crippen LogP contribution in [0.2, 0.25) is 0 Å². The van der Waals surface area contributed by atoms with E-state index in [0.717, 1.165) is 30.0 Å². The van der Waals surface area contributed by atoms with Crippen molar-refractivity contribution >= 4 is 18.1 Å². The number of amides is 3. The smallest absolute Gasteiger partial charge is 0.417 e. The van der Waals surface area contributed by atoms with Crippen molar-refractivity contribution in [2.24, 2.45) is 0 Å². The van der Waals surface area contributed by atoms with Crippen molar-refractivity contribution in [2.75, 3.05) is 46.2 Å². The third-order valence-electron chi connectivity index (χ3n) is 7.13. The van der Waals surface area contributed by atoms with Gasteiger partial charge in [0.05, 0.1) is 26.4 Å². The number of alkyl carbamates (subject to hydrolysis) is 1. The Balaban J connectivity index is 1.91. The van der Waals surface area contributed by atoms with Crippen LogP contribution in [0.5, 0.6) is 0 Å². The maximum atomic E-state index is 12.4. The maximum absolute atomic E-state index is 12.4. The zero-order valence-corrected chi connectivity index (χ0v) is 27.1. The summed E-state index contributed by atoms with van der Waals surface area (Å²) in [6.07, 6.45) is 17.6. The van der Waals surface area contributed by atoms with Crippen LogP contribution >= 0.6 is 0 Å². The van der Waals surface area contributed by atoms with E-state index in [1.54, 1.807) is 0 Å². The molecule has 10 heteroatoms. The number of aromatic nitrogens is 1. The molecule has 1 aromatic heterocycles. The number of ether oxygens (including phenoxy) is 4. The molecule has 0 aliphatic rings. The lowest BCUT2D eigenvalue weighted by Gasteiger charge is -2.17. The molecule has 0 saturated carbocycles. The summed E-state index contributed by atoms with van der Waals surface area (Å²) in [5, 5.41) is 2.78. The molecule has 1 aromatic rings. The Morgan fingerprint density at radius 3 is 1.81 bits per heavy atom. The van der Waals surface area contributed by atoms with Gasteiger partial charge in [0.1, 0.15) is 26.3 Å². The molecule has 0 aliphatic carbocycles. The quantitative estimate of drug-likeness (QED) is 0.0967. The lowest BCUT2D eigenvalue weighted by atomic mass is 10.0. The molecule has 0 aliphatic heterocycles. The fraction of sp³-hybridized carbons (Fsp3) is 0.758. The third-order valence-corrected chi connectivity index (χ3v) is 7.13. The number of aryl methyl sites for hydroxylation is 1. The van der Waals surface area contributed by atoms with Crippen LogP contribution in [-0.4, -0.2) is 69.2 Å². The molecule has 0 spiro atoms. The van der Waals surface area contributed by atoms with Gasteiger partial charge >= 0.3 is 12.2 Å². The van der Waals surface area contributed by atoms with E-state index in [9.17, 15) is 14.4 Å². The zero-order chi connectivity index (χ0) is 31.4. The van der Waals surface area contributed by atoms with Gasteiger partial charge in [-0.1, -0.05) is 90.0 Å². The van der Waals surface area contributed by atoms with Gasteiger partial charge in [0, 0.05) is 25.6 Å². The third kappa shape index (κ3) is 20.8. The topological polar surface area (TPSA) is 107 Å². The SMILES string of the molecule is CCCCCCCCCCCCCCCNC(=O)OCCOCCOCCOC(=O)N(Cc1cccc[n+]1CC)C(C)=O. The number of carbonyl (C=O) groups excluding carboxylic acids is 3. The molecule has 43 heavy (non-hydrogen) atoms. The number of nitrogens with zero attached hydrogens (tertiary/aromatic N) is 2. The van der Waals surface area contributed by atoms with Gasteiger partial charge in [-0.25, -0.2) is 19.1 Å². The molecule has 0 atom stereocenters. The summed E-state index contributed by atoms with van der Waals surface area (Å²) in [5.41, 5.74) is 0.835. The monoisotopic (exact) mass is 608 g/mol. The van der Waals surface area contributed by atoms with Crippen LogP contribution in [0.1, 0.15) is 110 Å². The molecule has 1 heterocycles. The molecular formula is C33H58N3O7+. The largest absolute Gasteiger partial charge is 0.447 e. The minimum atomic E-state index is -0.705. The molecule has 0 bridgehead atoms. The first kappa shape index (κ1) is 38.3. The zero-order valence-electron chi connectivity index (χ0n) is 27.1. The van der Waals surface area contributed by atoms with Crippen molar-refractivity contribution < 1.29 is 37.9 Å². The summed E-state index contributed by atoms with van der Waals surface area (Å²) >= 11 is 0. The number of carbonyl (C=O) groups is 3. The van der Waals surface area contributed by atoms with Crippen molar-refractivity contribution in [3.63, 3.8) is 0 Å². The average molecular weight is 609 g/mol. The highest BCUT2D eigenvalue weighted by Crippen LogP contribution is 2.12. The average Bonchev–Trinajstić information content (AvgIpc) is 3.00. The summed E-state index contributed by atoms with van der Waals surface area (Å²) in [6, 6.07) is 5.63. The fourth-order valence-electron chi connectivity index (χ4n) is 4.60. The number of unbranched alkanes of at least 4 members (excludes halogenated alkanes) is 12. The number of rotatable bonds is 26. The minimum Gasteiger partial charge on any atom is -0.447 e. The van der Waals surface area contributed by atoms with Gasteiger partial charge < -0.3 is 24.3 Å². The second kappa shape index (κ2) is 26.9. The van der Waals surface area contributed by atoms with Crippen LogP contribution in [0.15, 0.2) is 24.4 Å². The van der Waals surface area contributed by atoms with Crippen molar-refractivity contribution in [2.45, 2.75) is 117 Å². The van der Waals surface area contributed by atoms with Crippen LogP contribution in [0, 0.1) is 0 Å². The summed E-state index contributed by atoms with van der Waals surface area (Å²) < 4.78 is 23.1. The van der Waals surface area contributed by atoms with E-state index in [1.165, 1.54) is 77.6 Å². The first-order valence-electron chi connectivity index (χ1n) is 16.5. The summed E-state index contributed by atoms with van der Waals surface area (Å²) in [6.45, 7) is 8.35. The maximum Gasteiger partial charge on any atom is 0.417 e. The molecular weight excluding hydrogens is 550 g/mol. The van der Waals surface area contributed by atoms with E-state index in [4.69, 9.17) is 18.9 Å². The molecule has 1 rings (SSSR count). The second-order valence-electron chi connectivity index (χ2n) is 10.7. The molecule has 0 unspecified atom stereocenters. The number of hydrogen-bond donors (Lipinski definition) is 1. The van der Waals surface area contributed by atoms with Crippen molar-refractivity contribution in [1.82, 2.24) is 10.2 Å². The number of pyridine rings is 1. The normalized spacial score (nSPS) is 10.9. The molecule has 0 saturated heterocycles. The minimum absolute atomic E-state index is 0.0215. The molecule has 0 fully saturated rings. The van der Waals surface area contributed by atoms with Crippen LogP contribution in [-0.2, 0) is 36.8 Å². The highest BCUT2D eigenvalue weighted by molar-refractivity contribution is 5.90. The van der Waals surface area contributed by atoms with Crippen molar-refractivity contribution in [3.05, 3.63) is 30.1 Å². The van der Waals surface area contributed by atoms with Gasteiger partial charge in [0.25, 0.3) is 0 Å². The summed E-state index contributed by atoms with van der Waals surface area (Å²) in [4.78, 5) is 37.2. The molecule has 0 radical (unpaired) electrons. The van der Waals surface area contributed by atoms with Gasteiger partial charge in [-0.05, 0) is 13.3 Å². The Kier molecular flexibility index (Phi) is 23.9. The van der Waals surface area contributed by atoms with E-state index in [1.807, 2.05) is 35.9 Å². The van der Waals surface area contributed by atoms with Gasteiger partial charge in [-0.15, -0.1) is 0 Å². The first-order chi connectivity index (χ1) is 21.0. The molecule has 0 aromatic carbocycles. The van der Waals surface area contributed by atoms with Crippen LogP contribution in [0.25, 0.3) is 0 Å². The Labute approximate surface area is 259 Å². The van der Waals surface area contributed by atoms with E-state index >= 15 is 0 Å². The van der Waals surface area contributed by atoms with E-state index in [-0.39, 0.29) is 38.9 Å². The Morgan fingerprint density at radius 2 is 1.26 bits per heavy atom. The molecule has 246 valence electrons. The Morgan fingerprint density at radius 1 is 0.721 bits per heavy atom. The Hall–Kier alpha value is -2.72. The predicted molar refractivity (Wildman–Crippen MR) is 167 cm³/mol. The van der Waals surface area contributed by atoms with Crippen LogP contribution in [0.4, 0.5) is 9.59 Å². The molecule has 10 nitrogen and oxygen atoms in total. The summed E-state index contributed by atoms with van der Waals surface area (Å²) in [7, 11) is 0. The lowest BCUT2D eigenvalue weighted by molar-refractivity contribution is -0.701. The van der Waals surface area contributed by atoms with Crippen LogP contribution < -0.4 is 9.88 Å². The molecule has 1 N–H and O–H groups in total. The number of hydrogen-bond acceptors (Lipinski definition) is 7. The van der Waals surface area contributed by atoms with Gasteiger partial charge in [-0.2, -0.15) is 0 Å². The lowest BCUT2D eigenvalue weighted by Crippen LogP contribution is -2.43. The van der Waals surface area contributed by atoms with E-state index < -0.39 is 12.2 Å². The molecule has 3 amide bonds. The predicted octanol–water partition coefficient (Wildman–Crippen LogP) is 6.33. The summed E-state index contributed by atoms with van der Waals surface area (Å²) in [5.74, 6) is -0.388. The number of imide groups is 1.